The van der Waals surface area contributed by atoms with E-state index in [1.165, 1.54) is 5.56 Å². The number of methoxy groups -OCH3 is 2. The number of nitrogens with zero attached hydrogens (tertiary/aromatic N) is 2. The fraction of sp³-hybridized carbons (Fsp3) is 0.308. The molecule has 33 heavy (non-hydrogen) atoms. The number of sulfonamides is 1. The number of para-hydroxylation sites is 2. The lowest BCUT2D eigenvalue weighted by Gasteiger charge is -2.39. The van der Waals surface area contributed by atoms with Crippen LogP contribution in [0.15, 0.2) is 83.8 Å². The van der Waals surface area contributed by atoms with Crippen LogP contribution >= 0.6 is 0 Å². The largest absolute Gasteiger partial charge is 0.497 e. The van der Waals surface area contributed by atoms with Crippen molar-refractivity contribution in [1.82, 2.24) is 4.90 Å². The van der Waals surface area contributed by atoms with Crippen LogP contribution < -0.4 is 13.8 Å². The number of benzene rings is 3. The summed E-state index contributed by atoms with van der Waals surface area (Å²) in [5.74, 6) is 1.16. The van der Waals surface area contributed by atoms with E-state index in [9.17, 15) is 8.42 Å². The molecule has 3 aromatic carbocycles. The Kier molecular flexibility index (Phi) is 7.20. The Bertz CT molecular complexity index is 1140. The normalized spacial score (nSPS) is 15.2. The minimum Gasteiger partial charge on any atom is -0.497 e. The summed E-state index contributed by atoms with van der Waals surface area (Å²) in [6.45, 7) is 2.51. The van der Waals surface area contributed by atoms with Gasteiger partial charge in [0, 0.05) is 25.7 Å². The fourth-order valence-electron chi connectivity index (χ4n) is 4.35. The van der Waals surface area contributed by atoms with Gasteiger partial charge in [-0.3, -0.25) is 9.21 Å². The molecule has 0 radical (unpaired) electrons. The Morgan fingerprint density at radius 3 is 2.12 bits per heavy atom. The molecular formula is C26H30N2O4S. The van der Waals surface area contributed by atoms with Crippen molar-refractivity contribution >= 4 is 15.7 Å². The van der Waals surface area contributed by atoms with Gasteiger partial charge in [-0.1, -0.05) is 42.5 Å². The van der Waals surface area contributed by atoms with Gasteiger partial charge in [0.1, 0.15) is 11.5 Å². The third-order valence-corrected chi connectivity index (χ3v) is 7.96. The van der Waals surface area contributed by atoms with Gasteiger partial charge in [-0.15, -0.1) is 0 Å². The van der Waals surface area contributed by atoms with E-state index in [2.05, 4.69) is 17.0 Å². The van der Waals surface area contributed by atoms with Crippen molar-refractivity contribution in [2.45, 2.75) is 30.3 Å². The summed E-state index contributed by atoms with van der Waals surface area (Å²) in [4.78, 5) is 2.62. The highest BCUT2D eigenvalue weighted by atomic mass is 32.2. The number of rotatable bonds is 8. The molecule has 7 heteroatoms. The summed E-state index contributed by atoms with van der Waals surface area (Å²) >= 11 is 0. The van der Waals surface area contributed by atoms with Crippen LogP contribution in [0.4, 0.5) is 5.69 Å². The summed E-state index contributed by atoms with van der Waals surface area (Å²) in [6.07, 6.45) is 1.47. The Morgan fingerprint density at radius 2 is 1.48 bits per heavy atom. The highest BCUT2D eigenvalue weighted by molar-refractivity contribution is 7.92. The first-order chi connectivity index (χ1) is 16.0. The molecule has 0 N–H and O–H groups in total. The zero-order chi connectivity index (χ0) is 23.3. The van der Waals surface area contributed by atoms with Gasteiger partial charge in [-0.2, -0.15) is 0 Å². The average Bonchev–Trinajstić information content (AvgIpc) is 2.86. The number of likely N-dealkylation sites (tertiary alicyclic amines) is 1. The van der Waals surface area contributed by atoms with Crippen LogP contribution in [0.3, 0.4) is 0 Å². The van der Waals surface area contributed by atoms with Crippen LogP contribution in [0, 0.1) is 0 Å². The molecule has 1 aliphatic rings. The minimum absolute atomic E-state index is 0.166. The van der Waals surface area contributed by atoms with Gasteiger partial charge in [0.05, 0.1) is 24.8 Å². The maximum absolute atomic E-state index is 13.9. The molecule has 0 bridgehead atoms. The summed E-state index contributed by atoms with van der Waals surface area (Å²) in [6, 6.07) is 24.1. The lowest BCUT2D eigenvalue weighted by Crippen LogP contribution is -2.47. The van der Waals surface area contributed by atoms with Gasteiger partial charge in [0.15, 0.2) is 0 Å². The van der Waals surface area contributed by atoms with E-state index >= 15 is 0 Å². The molecule has 3 aromatic rings. The molecule has 1 saturated heterocycles. The van der Waals surface area contributed by atoms with E-state index in [1.807, 2.05) is 36.4 Å². The molecule has 0 aromatic heterocycles. The molecule has 4 rings (SSSR count). The summed E-state index contributed by atoms with van der Waals surface area (Å²) in [5.41, 5.74) is 1.83. The third kappa shape index (κ3) is 5.15. The predicted molar refractivity (Wildman–Crippen MR) is 130 cm³/mol. The molecule has 0 unspecified atom stereocenters. The molecule has 0 aliphatic carbocycles. The number of piperidine rings is 1. The van der Waals surface area contributed by atoms with Gasteiger partial charge < -0.3 is 9.47 Å². The number of hydrogen-bond donors (Lipinski definition) is 0. The average molecular weight is 467 g/mol. The van der Waals surface area contributed by atoms with E-state index in [0.29, 0.717) is 17.2 Å². The van der Waals surface area contributed by atoms with Crippen LogP contribution in [-0.2, 0) is 16.6 Å². The maximum atomic E-state index is 13.9. The first-order valence-electron chi connectivity index (χ1n) is 11.1. The highest BCUT2D eigenvalue weighted by Crippen LogP contribution is 2.37. The van der Waals surface area contributed by atoms with Crippen molar-refractivity contribution < 1.29 is 17.9 Å². The quantitative estimate of drug-likeness (QED) is 0.487. The lowest BCUT2D eigenvalue weighted by atomic mass is 10.0. The predicted octanol–water partition coefficient (Wildman–Crippen LogP) is 4.56. The first-order valence-corrected chi connectivity index (χ1v) is 12.5. The van der Waals surface area contributed by atoms with Gasteiger partial charge in [-0.25, -0.2) is 8.42 Å². The van der Waals surface area contributed by atoms with Crippen molar-refractivity contribution in [1.29, 1.82) is 0 Å². The molecule has 0 spiro atoms. The first kappa shape index (κ1) is 23.1. The fourth-order valence-corrected chi connectivity index (χ4v) is 6.07. The van der Waals surface area contributed by atoms with E-state index in [0.717, 1.165) is 32.5 Å². The Labute approximate surface area is 196 Å². The molecule has 0 amide bonds. The summed E-state index contributed by atoms with van der Waals surface area (Å²) in [5, 5.41) is 0. The van der Waals surface area contributed by atoms with Crippen molar-refractivity contribution in [3.8, 4) is 11.5 Å². The summed E-state index contributed by atoms with van der Waals surface area (Å²) in [7, 11) is -0.676. The lowest BCUT2D eigenvalue weighted by molar-refractivity contribution is 0.206. The second-order valence-corrected chi connectivity index (χ2v) is 9.96. The Morgan fingerprint density at radius 1 is 0.848 bits per heavy atom. The zero-order valence-corrected chi connectivity index (χ0v) is 19.9. The Hall–Kier alpha value is -3.03. The Balaban J connectivity index is 1.62. The van der Waals surface area contributed by atoms with Crippen LogP contribution in [0.1, 0.15) is 18.4 Å². The van der Waals surface area contributed by atoms with Crippen molar-refractivity contribution in [2.24, 2.45) is 0 Å². The molecule has 1 fully saturated rings. The van der Waals surface area contributed by atoms with E-state index in [-0.39, 0.29) is 10.9 Å². The SMILES string of the molecule is COc1ccc(S(=O)(=O)N(c2ccccc2OC)C2CCN(Cc3ccccc3)CC2)cc1. The molecular weight excluding hydrogens is 436 g/mol. The van der Waals surface area contributed by atoms with Gasteiger partial charge in [0.2, 0.25) is 0 Å². The maximum Gasteiger partial charge on any atom is 0.264 e. The van der Waals surface area contributed by atoms with Gasteiger partial charge in [-0.05, 0) is 54.8 Å². The minimum atomic E-state index is -3.81. The second-order valence-electron chi connectivity index (χ2n) is 8.14. The van der Waals surface area contributed by atoms with Crippen molar-refractivity contribution in [3.05, 3.63) is 84.4 Å². The van der Waals surface area contributed by atoms with Crippen molar-refractivity contribution in [2.75, 3.05) is 31.6 Å². The number of hydrogen-bond acceptors (Lipinski definition) is 5. The van der Waals surface area contributed by atoms with Crippen LogP contribution in [-0.4, -0.2) is 46.7 Å². The smallest absolute Gasteiger partial charge is 0.264 e. The number of anilines is 1. The van der Waals surface area contributed by atoms with Gasteiger partial charge in [0.25, 0.3) is 10.0 Å². The van der Waals surface area contributed by atoms with Crippen molar-refractivity contribution in [3.63, 3.8) is 0 Å². The van der Waals surface area contributed by atoms with Crippen LogP contribution in [0.2, 0.25) is 0 Å². The van der Waals surface area contributed by atoms with E-state index < -0.39 is 10.0 Å². The molecule has 174 valence electrons. The molecule has 0 atom stereocenters. The van der Waals surface area contributed by atoms with E-state index in [4.69, 9.17) is 9.47 Å². The molecule has 1 aliphatic heterocycles. The third-order valence-electron chi connectivity index (χ3n) is 6.08. The second kappa shape index (κ2) is 10.3. The zero-order valence-electron chi connectivity index (χ0n) is 19.1. The van der Waals surface area contributed by atoms with E-state index in [1.54, 1.807) is 48.9 Å². The van der Waals surface area contributed by atoms with Crippen LogP contribution in [0.25, 0.3) is 0 Å². The molecule has 0 saturated carbocycles. The molecule has 1 heterocycles. The number of ether oxygens (including phenoxy) is 2. The van der Waals surface area contributed by atoms with Crippen LogP contribution in [0.5, 0.6) is 11.5 Å². The standard InChI is InChI=1S/C26H30N2O4S/c1-31-23-12-14-24(15-13-23)33(29,30)28(25-10-6-7-11-26(25)32-2)22-16-18-27(19-17-22)20-21-8-4-3-5-9-21/h3-15,22H,16-20H2,1-2H3. The topological polar surface area (TPSA) is 59.1 Å². The molecule has 6 nitrogen and oxygen atoms in total. The summed E-state index contributed by atoms with van der Waals surface area (Å²) < 4.78 is 40.1. The monoisotopic (exact) mass is 466 g/mol. The highest BCUT2D eigenvalue weighted by Gasteiger charge is 2.35. The van der Waals surface area contributed by atoms with Gasteiger partial charge >= 0.3 is 0 Å².